The SMILES string of the molecule is Cc1ccc(C)c(SCc2cccc(C(=O)NC3CCNCC3)c2)c1.Cl. The second kappa shape index (κ2) is 10.0. The third kappa shape index (κ3) is 5.76. The molecule has 0 unspecified atom stereocenters. The van der Waals surface area contributed by atoms with E-state index in [0.717, 1.165) is 37.2 Å². The van der Waals surface area contributed by atoms with Crippen LogP contribution >= 0.6 is 24.2 Å². The van der Waals surface area contributed by atoms with Crippen molar-refractivity contribution in [3.8, 4) is 0 Å². The molecule has 2 N–H and O–H groups in total. The maximum atomic E-state index is 12.5. The molecule has 0 aliphatic carbocycles. The molecule has 5 heteroatoms. The summed E-state index contributed by atoms with van der Waals surface area (Å²) in [6.45, 7) is 6.23. The van der Waals surface area contributed by atoms with Gasteiger partial charge in [-0.05, 0) is 69.1 Å². The largest absolute Gasteiger partial charge is 0.349 e. The number of hydrogen-bond donors (Lipinski definition) is 2. The van der Waals surface area contributed by atoms with Crippen LogP contribution in [0, 0.1) is 13.8 Å². The molecule has 3 nitrogen and oxygen atoms in total. The molecule has 0 atom stereocenters. The summed E-state index contributed by atoms with van der Waals surface area (Å²) in [7, 11) is 0. The van der Waals surface area contributed by atoms with Gasteiger partial charge < -0.3 is 10.6 Å². The van der Waals surface area contributed by atoms with Gasteiger partial charge in [-0.15, -0.1) is 24.2 Å². The Labute approximate surface area is 166 Å². The average Bonchev–Trinajstić information content (AvgIpc) is 2.63. The fourth-order valence-electron chi connectivity index (χ4n) is 3.06. The van der Waals surface area contributed by atoms with Crippen LogP contribution in [0.4, 0.5) is 0 Å². The first-order valence-electron chi connectivity index (χ1n) is 8.92. The van der Waals surface area contributed by atoms with E-state index in [1.807, 2.05) is 30.0 Å². The number of rotatable bonds is 5. The normalized spacial score (nSPS) is 14.5. The monoisotopic (exact) mass is 390 g/mol. The third-order valence-electron chi connectivity index (χ3n) is 4.60. The van der Waals surface area contributed by atoms with Crippen LogP contribution in [0.3, 0.4) is 0 Å². The van der Waals surface area contributed by atoms with Gasteiger partial charge in [-0.2, -0.15) is 0 Å². The molecule has 0 radical (unpaired) electrons. The molecular formula is C21H27ClN2OS. The van der Waals surface area contributed by atoms with Crippen molar-refractivity contribution in [3.05, 3.63) is 64.7 Å². The van der Waals surface area contributed by atoms with Gasteiger partial charge >= 0.3 is 0 Å². The number of thioether (sulfide) groups is 1. The van der Waals surface area contributed by atoms with Crippen LogP contribution in [0.15, 0.2) is 47.4 Å². The Kier molecular flexibility index (Phi) is 8.01. The van der Waals surface area contributed by atoms with E-state index in [2.05, 4.69) is 48.7 Å². The number of hydrogen-bond acceptors (Lipinski definition) is 3. The summed E-state index contributed by atoms with van der Waals surface area (Å²) < 4.78 is 0. The Bertz CT molecular complexity index is 745. The van der Waals surface area contributed by atoms with Crippen LogP contribution in [0.25, 0.3) is 0 Å². The van der Waals surface area contributed by atoms with Gasteiger partial charge in [0.25, 0.3) is 5.91 Å². The summed E-state index contributed by atoms with van der Waals surface area (Å²) in [5.74, 6) is 0.921. The van der Waals surface area contributed by atoms with Gasteiger partial charge in [0.15, 0.2) is 0 Å². The number of carbonyl (C=O) groups excluding carboxylic acids is 1. The number of halogens is 1. The molecule has 1 fully saturated rings. The molecular weight excluding hydrogens is 364 g/mol. The fraction of sp³-hybridized carbons (Fsp3) is 0.381. The molecule has 0 aromatic heterocycles. The number of benzene rings is 2. The first-order valence-corrected chi connectivity index (χ1v) is 9.91. The Balaban J connectivity index is 0.00000243. The second-order valence-electron chi connectivity index (χ2n) is 6.76. The minimum Gasteiger partial charge on any atom is -0.349 e. The summed E-state index contributed by atoms with van der Waals surface area (Å²) in [5.41, 5.74) is 4.53. The van der Waals surface area contributed by atoms with Gasteiger partial charge in [-0.1, -0.05) is 29.8 Å². The summed E-state index contributed by atoms with van der Waals surface area (Å²) in [5, 5.41) is 6.49. The smallest absolute Gasteiger partial charge is 0.251 e. The lowest BCUT2D eigenvalue weighted by Gasteiger charge is -2.23. The van der Waals surface area contributed by atoms with Gasteiger partial charge in [0, 0.05) is 22.3 Å². The van der Waals surface area contributed by atoms with Crippen LogP contribution in [-0.2, 0) is 5.75 Å². The topological polar surface area (TPSA) is 41.1 Å². The van der Waals surface area contributed by atoms with E-state index in [4.69, 9.17) is 0 Å². The van der Waals surface area contributed by atoms with E-state index in [1.165, 1.54) is 21.6 Å². The van der Waals surface area contributed by atoms with Gasteiger partial charge in [0.05, 0.1) is 0 Å². The molecule has 3 rings (SSSR count). The lowest BCUT2D eigenvalue weighted by Crippen LogP contribution is -2.42. The first kappa shape index (κ1) is 20.8. The fourth-order valence-corrected chi connectivity index (χ4v) is 4.13. The number of carbonyl (C=O) groups is 1. The molecule has 1 heterocycles. The van der Waals surface area contributed by atoms with Crippen LogP contribution < -0.4 is 10.6 Å². The van der Waals surface area contributed by atoms with E-state index >= 15 is 0 Å². The molecule has 0 spiro atoms. The predicted molar refractivity (Wildman–Crippen MR) is 113 cm³/mol. The Morgan fingerprint density at radius 3 is 2.69 bits per heavy atom. The molecule has 1 saturated heterocycles. The van der Waals surface area contributed by atoms with Crippen molar-refractivity contribution in [2.24, 2.45) is 0 Å². The van der Waals surface area contributed by atoms with E-state index < -0.39 is 0 Å². The van der Waals surface area contributed by atoms with Gasteiger partial charge in [-0.3, -0.25) is 4.79 Å². The van der Waals surface area contributed by atoms with E-state index in [1.54, 1.807) is 0 Å². The van der Waals surface area contributed by atoms with E-state index in [-0.39, 0.29) is 18.3 Å². The van der Waals surface area contributed by atoms with Crippen molar-refractivity contribution in [1.82, 2.24) is 10.6 Å². The highest BCUT2D eigenvalue weighted by molar-refractivity contribution is 7.98. The Morgan fingerprint density at radius 2 is 1.92 bits per heavy atom. The van der Waals surface area contributed by atoms with Gasteiger partial charge in [0.2, 0.25) is 0 Å². The van der Waals surface area contributed by atoms with E-state index in [0.29, 0.717) is 6.04 Å². The lowest BCUT2D eigenvalue weighted by molar-refractivity contribution is 0.0929. The minimum absolute atomic E-state index is 0. The number of nitrogens with one attached hydrogen (secondary N) is 2. The summed E-state index contributed by atoms with van der Waals surface area (Å²) in [4.78, 5) is 13.8. The average molecular weight is 391 g/mol. The van der Waals surface area contributed by atoms with Crippen LogP contribution in [0.1, 0.15) is 39.9 Å². The maximum absolute atomic E-state index is 12.5. The van der Waals surface area contributed by atoms with Crippen molar-refractivity contribution in [1.29, 1.82) is 0 Å². The molecule has 1 aliphatic rings. The highest BCUT2D eigenvalue weighted by Gasteiger charge is 2.16. The molecule has 26 heavy (non-hydrogen) atoms. The molecule has 1 amide bonds. The number of piperidine rings is 1. The second-order valence-corrected chi connectivity index (χ2v) is 7.77. The molecule has 0 saturated carbocycles. The maximum Gasteiger partial charge on any atom is 0.251 e. The standard InChI is InChI=1S/C21H26N2OS.ClH/c1-15-6-7-16(2)20(12-15)25-14-17-4-3-5-18(13-17)21(24)23-19-8-10-22-11-9-19;/h3-7,12-13,19,22H,8-11,14H2,1-2H3,(H,23,24);1H. The van der Waals surface area contributed by atoms with Crippen molar-refractivity contribution in [2.75, 3.05) is 13.1 Å². The van der Waals surface area contributed by atoms with Crippen molar-refractivity contribution in [2.45, 2.75) is 43.4 Å². The zero-order valence-electron chi connectivity index (χ0n) is 15.4. The van der Waals surface area contributed by atoms with Crippen LogP contribution in [0.2, 0.25) is 0 Å². The van der Waals surface area contributed by atoms with Crippen LogP contribution in [-0.4, -0.2) is 25.0 Å². The summed E-state index contributed by atoms with van der Waals surface area (Å²) in [6.07, 6.45) is 2.02. The third-order valence-corrected chi connectivity index (χ3v) is 5.83. The van der Waals surface area contributed by atoms with Crippen LogP contribution in [0.5, 0.6) is 0 Å². The first-order chi connectivity index (χ1) is 12.1. The Morgan fingerprint density at radius 1 is 1.15 bits per heavy atom. The van der Waals surface area contributed by atoms with E-state index in [9.17, 15) is 4.79 Å². The number of amides is 1. The molecule has 2 aromatic rings. The minimum atomic E-state index is 0. The summed E-state index contributed by atoms with van der Waals surface area (Å²) in [6, 6.07) is 14.8. The van der Waals surface area contributed by atoms with Gasteiger partial charge in [0.1, 0.15) is 0 Å². The molecule has 140 valence electrons. The molecule has 2 aromatic carbocycles. The zero-order chi connectivity index (χ0) is 17.6. The molecule has 1 aliphatic heterocycles. The Hall–Kier alpha value is -1.49. The quantitative estimate of drug-likeness (QED) is 0.738. The molecule has 0 bridgehead atoms. The predicted octanol–water partition coefficient (Wildman–Crippen LogP) is 4.50. The summed E-state index contributed by atoms with van der Waals surface area (Å²) >= 11 is 1.83. The van der Waals surface area contributed by atoms with Crippen molar-refractivity contribution in [3.63, 3.8) is 0 Å². The highest BCUT2D eigenvalue weighted by Crippen LogP contribution is 2.27. The van der Waals surface area contributed by atoms with Crippen molar-refractivity contribution >= 4 is 30.1 Å². The van der Waals surface area contributed by atoms with Gasteiger partial charge in [-0.25, -0.2) is 0 Å². The highest BCUT2D eigenvalue weighted by atomic mass is 35.5. The lowest BCUT2D eigenvalue weighted by atomic mass is 10.1. The zero-order valence-corrected chi connectivity index (χ0v) is 17.0. The van der Waals surface area contributed by atoms with Crippen molar-refractivity contribution < 1.29 is 4.79 Å². The number of aryl methyl sites for hydroxylation is 2.